The molecule has 0 aliphatic heterocycles. The average molecular weight is 336 g/mol. The number of benzene rings is 4. The zero-order valence-electron chi connectivity index (χ0n) is 14.4. The van der Waals surface area contributed by atoms with Gasteiger partial charge >= 0.3 is 0 Å². The Hall–Kier alpha value is -3.52. The van der Waals surface area contributed by atoms with Crippen LogP contribution in [-0.2, 0) is 0 Å². The van der Waals surface area contributed by atoms with Crippen molar-refractivity contribution in [2.24, 2.45) is 0 Å². The minimum atomic E-state index is 0.795. The standard InChI is InChI=1S/C24H20N2/c25-24-14-8-7-13-23(24)19-15-17-22(18-16-19)26(20-9-3-1-4-10-20)21-11-5-2-6-12-21/h1-18H,25H2. The molecule has 0 amide bonds. The van der Waals surface area contributed by atoms with E-state index >= 15 is 0 Å². The summed E-state index contributed by atoms with van der Waals surface area (Å²) in [6.45, 7) is 0. The first-order chi connectivity index (χ1) is 12.8. The number of anilines is 4. The second-order valence-electron chi connectivity index (χ2n) is 6.14. The third-order valence-electron chi connectivity index (χ3n) is 4.43. The molecule has 0 unspecified atom stereocenters. The van der Waals surface area contributed by atoms with Crippen LogP contribution in [0.4, 0.5) is 22.7 Å². The van der Waals surface area contributed by atoms with E-state index in [0.29, 0.717) is 0 Å². The number of hydrogen-bond acceptors (Lipinski definition) is 2. The Balaban J connectivity index is 1.76. The zero-order valence-corrected chi connectivity index (χ0v) is 14.4. The number of nitrogens with two attached hydrogens (primary N) is 1. The van der Waals surface area contributed by atoms with Crippen LogP contribution in [-0.4, -0.2) is 0 Å². The predicted molar refractivity (Wildman–Crippen MR) is 111 cm³/mol. The third kappa shape index (κ3) is 3.17. The summed E-state index contributed by atoms with van der Waals surface area (Å²) < 4.78 is 0. The second-order valence-corrected chi connectivity index (χ2v) is 6.14. The number of hydrogen-bond donors (Lipinski definition) is 1. The molecule has 0 saturated heterocycles. The Morgan fingerprint density at radius 1 is 0.462 bits per heavy atom. The van der Waals surface area contributed by atoms with Gasteiger partial charge < -0.3 is 10.6 Å². The molecule has 0 heterocycles. The van der Waals surface area contributed by atoms with Crippen molar-refractivity contribution in [1.82, 2.24) is 0 Å². The summed E-state index contributed by atoms with van der Waals surface area (Å²) >= 11 is 0. The van der Waals surface area contributed by atoms with E-state index in [2.05, 4.69) is 83.8 Å². The fraction of sp³-hybridized carbons (Fsp3) is 0. The SMILES string of the molecule is Nc1ccccc1-c1ccc(N(c2ccccc2)c2ccccc2)cc1. The summed E-state index contributed by atoms with van der Waals surface area (Å²) in [4.78, 5) is 2.25. The summed E-state index contributed by atoms with van der Waals surface area (Å²) in [6, 6.07) is 37.3. The van der Waals surface area contributed by atoms with Gasteiger partial charge in [0.15, 0.2) is 0 Å². The van der Waals surface area contributed by atoms with Crippen molar-refractivity contribution >= 4 is 22.7 Å². The number of para-hydroxylation sites is 3. The van der Waals surface area contributed by atoms with E-state index < -0.39 is 0 Å². The van der Waals surface area contributed by atoms with Crippen LogP contribution in [0, 0.1) is 0 Å². The zero-order chi connectivity index (χ0) is 17.8. The molecule has 0 bridgehead atoms. The highest BCUT2D eigenvalue weighted by Crippen LogP contribution is 2.35. The van der Waals surface area contributed by atoms with E-state index in [1.54, 1.807) is 0 Å². The van der Waals surface area contributed by atoms with E-state index in [-0.39, 0.29) is 0 Å². The number of nitrogen functional groups attached to an aromatic ring is 1. The minimum absolute atomic E-state index is 0.795. The van der Waals surface area contributed by atoms with Crippen LogP contribution < -0.4 is 10.6 Å². The second kappa shape index (κ2) is 7.16. The van der Waals surface area contributed by atoms with Crippen molar-refractivity contribution in [3.63, 3.8) is 0 Å². The normalized spacial score (nSPS) is 10.5. The van der Waals surface area contributed by atoms with Gasteiger partial charge in [-0.05, 0) is 48.0 Å². The lowest BCUT2D eigenvalue weighted by molar-refractivity contribution is 1.28. The van der Waals surface area contributed by atoms with Gasteiger partial charge in [0.25, 0.3) is 0 Å². The number of nitrogens with zero attached hydrogens (tertiary/aromatic N) is 1. The first-order valence-electron chi connectivity index (χ1n) is 8.68. The molecule has 126 valence electrons. The monoisotopic (exact) mass is 336 g/mol. The summed E-state index contributed by atoms with van der Waals surface area (Å²) in [5.41, 5.74) is 12.5. The quantitative estimate of drug-likeness (QED) is 0.437. The molecule has 4 aromatic rings. The average Bonchev–Trinajstić information content (AvgIpc) is 2.71. The largest absolute Gasteiger partial charge is 0.398 e. The summed E-state index contributed by atoms with van der Waals surface area (Å²) in [6.07, 6.45) is 0. The maximum atomic E-state index is 6.12. The molecule has 0 atom stereocenters. The van der Waals surface area contributed by atoms with Crippen LogP contribution in [0.2, 0.25) is 0 Å². The van der Waals surface area contributed by atoms with Crippen molar-refractivity contribution in [1.29, 1.82) is 0 Å². The van der Waals surface area contributed by atoms with Gasteiger partial charge in [0.2, 0.25) is 0 Å². The molecule has 2 nitrogen and oxygen atoms in total. The molecule has 0 spiro atoms. The Kier molecular flexibility index (Phi) is 4.40. The van der Waals surface area contributed by atoms with E-state index in [4.69, 9.17) is 5.73 Å². The van der Waals surface area contributed by atoms with Crippen LogP contribution in [0.1, 0.15) is 0 Å². The fourth-order valence-electron chi connectivity index (χ4n) is 3.15. The highest BCUT2D eigenvalue weighted by molar-refractivity contribution is 5.80. The van der Waals surface area contributed by atoms with E-state index in [1.807, 2.05) is 30.3 Å². The lowest BCUT2D eigenvalue weighted by Gasteiger charge is -2.25. The van der Waals surface area contributed by atoms with Crippen molar-refractivity contribution in [3.05, 3.63) is 109 Å². The smallest absolute Gasteiger partial charge is 0.0462 e. The molecule has 4 aromatic carbocycles. The van der Waals surface area contributed by atoms with Gasteiger partial charge in [0.05, 0.1) is 0 Å². The first kappa shape index (κ1) is 16.0. The molecule has 2 N–H and O–H groups in total. The van der Waals surface area contributed by atoms with Gasteiger partial charge in [-0.1, -0.05) is 66.7 Å². The van der Waals surface area contributed by atoms with Gasteiger partial charge in [-0.3, -0.25) is 0 Å². The third-order valence-corrected chi connectivity index (χ3v) is 4.43. The maximum absolute atomic E-state index is 6.12. The van der Waals surface area contributed by atoms with E-state index in [9.17, 15) is 0 Å². The van der Waals surface area contributed by atoms with Crippen LogP contribution in [0.3, 0.4) is 0 Å². The summed E-state index contributed by atoms with van der Waals surface area (Å²) in [7, 11) is 0. The van der Waals surface area contributed by atoms with Crippen molar-refractivity contribution in [2.75, 3.05) is 10.6 Å². The molecule has 0 aliphatic carbocycles. The number of rotatable bonds is 4. The molecule has 0 saturated carbocycles. The molecular formula is C24H20N2. The van der Waals surface area contributed by atoms with Crippen molar-refractivity contribution in [2.45, 2.75) is 0 Å². The molecule has 0 aliphatic rings. The predicted octanol–water partition coefficient (Wildman–Crippen LogP) is 6.41. The maximum Gasteiger partial charge on any atom is 0.0462 e. The van der Waals surface area contributed by atoms with Gasteiger partial charge in [-0.2, -0.15) is 0 Å². The molecule has 0 radical (unpaired) electrons. The van der Waals surface area contributed by atoms with Gasteiger partial charge in [-0.25, -0.2) is 0 Å². The summed E-state index contributed by atoms with van der Waals surface area (Å²) in [5, 5.41) is 0. The molecule has 4 rings (SSSR count). The lowest BCUT2D eigenvalue weighted by Crippen LogP contribution is -2.09. The van der Waals surface area contributed by atoms with E-state index in [0.717, 1.165) is 33.9 Å². The van der Waals surface area contributed by atoms with Crippen LogP contribution in [0.25, 0.3) is 11.1 Å². The fourth-order valence-corrected chi connectivity index (χ4v) is 3.15. The molecule has 0 aromatic heterocycles. The Bertz CT molecular complexity index is 938. The van der Waals surface area contributed by atoms with Crippen molar-refractivity contribution < 1.29 is 0 Å². The van der Waals surface area contributed by atoms with Crippen LogP contribution >= 0.6 is 0 Å². The molecular weight excluding hydrogens is 316 g/mol. The minimum Gasteiger partial charge on any atom is -0.398 e. The highest BCUT2D eigenvalue weighted by Gasteiger charge is 2.12. The highest BCUT2D eigenvalue weighted by atomic mass is 15.1. The van der Waals surface area contributed by atoms with Crippen molar-refractivity contribution in [3.8, 4) is 11.1 Å². The van der Waals surface area contributed by atoms with Crippen LogP contribution in [0.15, 0.2) is 109 Å². The van der Waals surface area contributed by atoms with Gasteiger partial charge in [-0.15, -0.1) is 0 Å². The van der Waals surface area contributed by atoms with E-state index in [1.165, 1.54) is 0 Å². The molecule has 26 heavy (non-hydrogen) atoms. The Morgan fingerprint density at radius 2 is 0.923 bits per heavy atom. The summed E-state index contributed by atoms with van der Waals surface area (Å²) in [5.74, 6) is 0. The first-order valence-corrected chi connectivity index (χ1v) is 8.68. The Morgan fingerprint density at radius 3 is 1.46 bits per heavy atom. The van der Waals surface area contributed by atoms with Gasteiger partial charge in [0, 0.05) is 28.3 Å². The topological polar surface area (TPSA) is 29.3 Å². The molecule has 0 fully saturated rings. The van der Waals surface area contributed by atoms with Crippen LogP contribution in [0.5, 0.6) is 0 Å². The Labute approximate surface area is 154 Å². The molecule has 2 heteroatoms. The lowest BCUT2D eigenvalue weighted by atomic mass is 10.0. The van der Waals surface area contributed by atoms with Gasteiger partial charge in [0.1, 0.15) is 0 Å².